The molecule has 0 saturated carbocycles. The number of benzene rings is 2. The second-order valence-corrected chi connectivity index (χ2v) is 5.59. The van der Waals surface area contributed by atoms with Crippen molar-refractivity contribution in [3.8, 4) is 0 Å². The van der Waals surface area contributed by atoms with E-state index in [-0.39, 0.29) is 18.3 Å². The third kappa shape index (κ3) is 4.06. The van der Waals surface area contributed by atoms with Crippen LogP contribution in [0.2, 0.25) is 5.02 Å². The third-order valence-electron chi connectivity index (χ3n) is 3.39. The van der Waals surface area contributed by atoms with Crippen LogP contribution in [0.25, 0.3) is 0 Å². The van der Waals surface area contributed by atoms with Gasteiger partial charge in [-0.2, -0.15) is 0 Å². The number of rotatable bonds is 5. The molecule has 0 fully saturated rings. The van der Waals surface area contributed by atoms with E-state index < -0.39 is 0 Å². The monoisotopic (exact) mass is 292 g/mol. The number of hydrogen-bond donors (Lipinski definition) is 1. The van der Waals surface area contributed by atoms with Gasteiger partial charge in [0, 0.05) is 11.6 Å². The van der Waals surface area contributed by atoms with Crippen LogP contribution in [0.15, 0.2) is 42.5 Å². The first-order valence-corrected chi connectivity index (χ1v) is 7.06. The SMILES string of the molecule is Cc1ccc(CC(CO)Cc2cccc(F)c2)c(Cl)c1. The molecule has 0 aromatic heterocycles. The molecule has 20 heavy (non-hydrogen) atoms. The van der Waals surface area contributed by atoms with Crippen LogP contribution in [0.5, 0.6) is 0 Å². The molecule has 0 aliphatic heterocycles. The lowest BCUT2D eigenvalue weighted by atomic mass is 9.93. The smallest absolute Gasteiger partial charge is 0.123 e. The van der Waals surface area contributed by atoms with E-state index in [0.717, 1.165) is 21.7 Å². The summed E-state index contributed by atoms with van der Waals surface area (Å²) in [6, 6.07) is 12.4. The van der Waals surface area contributed by atoms with Crippen LogP contribution in [0.3, 0.4) is 0 Å². The quantitative estimate of drug-likeness (QED) is 0.876. The molecule has 0 aliphatic carbocycles. The number of hydrogen-bond acceptors (Lipinski definition) is 1. The molecule has 1 nitrogen and oxygen atoms in total. The van der Waals surface area contributed by atoms with Gasteiger partial charge in [-0.15, -0.1) is 0 Å². The van der Waals surface area contributed by atoms with Gasteiger partial charge < -0.3 is 5.11 Å². The van der Waals surface area contributed by atoms with Crippen molar-refractivity contribution >= 4 is 11.6 Å². The van der Waals surface area contributed by atoms with Gasteiger partial charge in [-0.1, -0.05) is 35.9 Å². The molecule has 1 N–H and O–H groups in total. The number of halogens is 2. The molecule has 1 atom stereocenters. The maximum atomic E-state index is 13.2. The molecule has 1 unspecified atom stereocenters. The Morgan fingerprint density at radius 2 is 1.95 bits per heavy atom. The Morgan fingerprint density at radius 1 is 1.15 bits per heavy atom. The molecule has 2 rings (SSSR count). The molecule has 0 amide bonds. The Hall–Kier alpha value is -1.38. The molecular weight excluding hydrogens is 275 g/mol. The van der Waals surface area contributed by atoms with Gasteiger partial charge in [0.15, 0.2) is 0 Å². The minimum Gasteiger partial charge on any atom is -0.396 e. The standard InChI is InChI=1S/C17H18ClFO/c1-12-5-6-15(17(18)7-12)9-14(11-20)8-13-3-2-4-16(19)10-13/h2-7,10,14,20H,8-9,11H2,1H3. The van der Waals surface area contributed by atoms with Crippen molar-refractivity contribution < 1.29 is 9.50 Å². The summed E-state index contributed by atoms with van der Waals surface area (Å²) in [6.45, 7) is 2.05. The first-order chi connectivity index (χ1) is 9.58. The van der Waals surface area contributed by atoms with Crippen LogP contribution in [-0.2, 0) is 12.8 Å². The Bertz CT molecular complexity index is 583. The Morgan fingerprint density at radius 3 is 2.60 bits per heavy atom. The number of aliphatic hydroxyl groups is 1. The summed E-state index contributed by atoms with van der Waals surface area (Å²) >= 11 is 6.22. The largest absolute Gasteiger partial charge is 0.396 e. The third-order valence-corrected chi connectivity index (χ3v) is 3.74. The van der Waals surface area contributed by atoms with Crippen molar-refractivity contribution in [3.05, 3.63) is 70.0 Å². The van der Waals surface area contributed by atoms with Crippen LogP contribution in [0, 0.1) is 18.7 Å². The van der Waals surface area contributed by atoms with Gasteiger partial charge in [-0.25, -0.2) is 4.39 Å². The van der Waals surface area contributed by atoms with Crippen LogP contribution in [0.1, 0.15) is 16.7 Å². The fraction of sp³-hybridized carbons (Fsp3) is 0.294. The van der Waals surface area contributed by atoms with E-state index in [2.05, 4.69) is 0 Å². The topological polar surface area (TPSA) is 20.2 Å². The predicted octanol–water partition coefficient (Wildman–Crippen LogP) is 4.18. The van der Waals surface area contributed by atoms with E-state index in [1.807, 2.05) is 31.2 Å². The van der Waals surface area contributed by atoms with E-state index in [4.69, 9.17) is 11.6 Å². The lowest BCUT2D eigenvalue weighted by molar-refractivity contribution is 0.225. The first-order valence-electron chi connectivity index (χ1n) is 6.69. The summed E-state index contributed by atoms with van der Waals surface area (Å²) < 4.78 is 13.2. The highest BCUT2D eigenvalue weighted by Crippen LogP contribution is 2.22. The van der Waals surface area contributed by atoms with Crippen molar-refractivity contribution in [2.45, 2.75) is 19.8 Å². The maximum absolute atomic E-state index is 13.2. The van der Waals surface area contributed by atoms with Crippen molar-refractivity contribution in [3.63, 3.8) is 0 Å². The van der Waals surface area contributed by atoms with E-state index >= 15 is 0 Å². The second kappa shape index (κ2) is 6.87. The summed E-state index contributed by atoms with van der Waals surface area (Å²) in [7, 11) is 0. The van der Waals surface area contributed by atoms with Crippen molar-refractivity contribution in [2.75, 3.05) is 6.61 Å². The van der Waals surface area contributed by atoms with Gasteiger partial charge in [-0.3, -0.25) is 0 Å². The molecule has 0 spiro atoms. The fourth-order valence-electron chi connectivity index (χ4n) is 2.33. The molecule has 0 saturated heterocycles. The molecule has 0 aliphatic rings. The average molecular weight is 293 g/mol. The predicted molar refractivity (Wildman–Crippen MR) is 80.6 cm³/mol. The highest BCUT2D eigenvalue weighted by atomic mass is 35.5. The van der Waals surface area contributed by atoms with Gasteiger partial charge in [-0.05, 0) is 60.6 Å². The molecule has 2 aromatic carbocycles. The lowest BCUT2D eigenvalue weighted by Gasteiger charge is -2.15. The number of aliphatic hydroxyl groups excluding tert-OH is 1. The van der Waals surface area contributed by atoms with E-state index in [9.17, 15) is 9.50 Å². The average Bonchev–Trinajstić information content (AvgIpc) is 2.41. The molecule has 0 heterocycles. The van der Waals surface area contributed by atoms with Gasteiger partial charge in [0.05, 0.1) is 0 Å². The molecule has 3 heteroatoms. The van der Waals surface area contributed by atoms with Crippen LogP contribution >= 0.6 is 11.6 Å². The molecule has 0 bridgehead atoms. The molecule has 2 aromatic rings. The van der Waals surface area contributed by atoms with Crippen molar-refractivity contribution in [2.24, 2.45) is 5.92 Å². The minimum atomic E-state index is -0.243. The zero-order chi connectivity index (χ0) is 14.5. The maximum Gasteiger partial charge on any atom is 0.123 e. The number of aryl methyl sites for hydroxylation is 1. The van der Waals surface area contributed by atoms with E-state index in [1.165, 1.54) is 12.1 Å². The van der Waals surface area contributed by atoms with Gasteiger partial charge in [0.25, 0.3) is 0 Å². The zero-order valence-corrected chi connectivity index (χ0v) is 12.2. The first kappa shape index (κ1) is 15.0. The molecular formula is C17H18ClFO. The van der Waals surface area contributed by atoms with Crippen LogP contribution in [-0.4, -0.2) is 11.7 Å². The summed E-state index contributed by atoms with van der Waals surface area (Å²) in [5, 5.41) is 10.3. The lowest BCUT2D eigenvalue weighted by Crippen LogP contribution is -2.13. The highest BCUT2D eigenvalue weighted by molar-refractivity contribution is 6.31. The van der Waals surface area contributed by atoms with E-state index in [0.29, 0.717) is 12.8 Å². The van der Waals surface area contributed by atoms with Crippen molar-refractivity contribution in [1.29, 1.82) is 0 Å². The Labute approximate surface area is 124 Å². The summed E-state index contributed by atoms with van der Waals surface area (Å²) in [5.74, 6) is -0.204. The van der Waals surface area contributed by atoms with E-state index in [1.54, 1.807) is 6.07 Å². The van der Waals surface area contributed by atoms with Gasteiger partial charge in [0.2, 0.25) is 0 Å². The zero-order valence-electron chi connectivity index (χ0n) is 11.4. The van der Waals surface area contributed by atoms with Crippen LogP contribution < -0.4 is 0 Å². The Kier molecular flexibility index (Phi) is 5.16. The van der Waals surface area contributed by atoms with Gasteiger partial charge in [0.1, 0.15) is 5.82 Å². The fourth-order valence-corrected chi connectivity index (χ4v) is 2.64. The molecule has 0 radical (unpaired) electrons. The minimum absolute atomic E-state index is 0.0389. The van der Waals surface area contributed by atoms with Crippen LogP contribution in [0.4, 0.5) is 4.39 Å². The molecule has 106 valence electrons. The highest BCUT2D eigenvalue weighted by Gasteiger charge is 2.12. The summed E-state index contributed by atoms with van der Waals surface area (Å²) in [6.07, 6.45) is 1.32. The normalized spacial score (nSPS) is 12.4. The van der Waals surface area contributed by atoms with Gasteiger partial charge >= 0.3 is 0 Å². The summed E-state index contributed by atoms with van der Waals surface area (Å²) in [5.41, 5.74) is 3.03. The second-order valence-electron chi connectivity index (χ2n) is 5.18. The van der Waals surface area contributed by atoms with Crippen molar-refractivity contribution in [1.82, 2.24) is 0 Å². The Balaban J connectivity index is 2.09. The summed E-state index contributed by atoms with van der Waals surface area (Å²) in [4.78, 5) is 0.